The van der Waals surface area contributed by atoms with E-state index >= 15 is 0 Å². The van der Waals surface area contributed by atoms with E-state index in [1.807, 2.05) is 0 Å². The molecule has 1 fully saturated rings. The fourth-order valence-electron chi connectivity index (χ4n) is 2.79. The quantitative estimate of drug-likeness (QED) is 0.861. The maximum Gasteiger partial charge on any atom is 0.453 e. The highest BCUT2D eigenvalue weighted by Gasteiger charge is 2.38. The number of alkyl halides is 3. The van der Waals surface area contributed by atoms with Crippen molar-refractivity contribution in [1.82, 2.24) is 25.1 Å². The normalized spacial score (nSPS) is 21.9. The van der Waals surface area contributed by atoms with Gasteiger partial charge in [0.25, 0.3) is 5.82 Å². The van der Waals surface area contributed by atoms with E-state index < -0.39 is 12.0 Å². The van der Waals surface area contributed by atoms with Crippen LogP contribution in [0, 0.1) is 0 Å². The second kappa shape index (κ2) is 5.93. The molecule has 0 bridgehead atoms. The number of ether oxygens (including phenoxy) is 1. The molecule has 0 amide bonds. The van der Waals surface area contributed by atoms with Gasteiger partial charge in [-0.1, -0.05) is 0 Å². The van der Waals surface area contributed by atoms with Crippen molar-refractivity contribution in [1.29, 1.82) is 0 Å². The Morgan fingerprint density at radius 1 is 1.39 bits per heavy atom. The second-order valence-corrected chi connectivity index (χ2v) is 5.61. The summed E-state index contributed by atoms with van der Waals surface area (Å²) < 4.78 is 44.5. The number of fused-ring (bicyclic) bond motifs is 1. The van der Waals surface area contributed by atoms with Gasteiger partial charge >= 0.3 is 6.18 Å². The average Bonchev–Trinajstić information content (AvgIpc) is 3.11. The second-order valence-electron chi connectivity index (χ2n) is 5.61. The van der Waals surface area contributed by atoms with Crippen molar-refractivity contribution in [2.24, 2.45) is 0 Å². The Bertz CT molecular complexity index is 680. The summed E-state index contributed by atoms with van der Waals surface area (Å²) in [6, 6.07) is 3.03. The SMILES string of the molecule is COCC1(CNc2ccc3nnc(C(F)(F)F)n3n2)CCCN1. The molecule has 1 atom stereocenters. The number of hydrogen-bond donors (Lipinski definition) is 2. The van der Waals surface area contributed by atoms with Gasteiger partial charge < -0.3 is 15.4 Å². The zero-order valence-electron chi connectivity index (χ0n) is 12.5. The van der Waals surface area contributed by atoms with Crippen LogP contribution in [0.2, 0.25) is 0 Å². The lowest BCUT2D eigenvalue weighted by atomic mass is 9.99. The Labute approximate surface area is 130 Å². The van der Waals surface area contributed by atoms with Gasteiger partial charge in [0.15, 0.2) is 5.65 Å². The highest BCUT2D eigenvalue weighted by atomic mass is 19.4. The van der Waals surface area contributed by atoms with Crippen LogP contribution in [0.4, 0.5) is 19.0 Å². The number of nitrogens with zero attached hydrogens (tertiary/aromatic N) is 4. The molecule has 0 spiro atoms. The molecule has 7 nitrogen and oxygen atoms in total. The van der Waals surface area contributed by atoms with Crippen LogP contribution in [-0.2, 0) is 10.9 Å². The molecular formula is C13H17F3N6O. The minimum absolute atomic E-state index is 0.0495. The summed E-state index contributed by atoms with van der Waals surface area (Å²) in [6.45, 7) is 1.91. The Balaban J connectivity index is 1.80. The summed E-state index contributed by atoms with van der Waals surface area (Å²) in [4.78, 5) is 0. The third kappa shape index (κ3) is 3.22. The Morgan fingerprint density at radius 2 is 2.22 bits per heavy atom. The van der Waals surface area contributed by atoms with E-state index in [9.17, 15) is 13.2 Å². The summed E-state index contributed by atoms with van der Waals surface area (Å²) in [5.41, 5.74) is -0.181. The zero-order valence-corrected chi connectivity index (χ0v) is 12.5. The fraction of sp³-hybridized carbons (Fsp3) is 0.615. The predicted octanol–water partition coefficient (Wildman–Crippen LogP) is 1.32. The van der Waals surface area contributed by atoms with Crippen molar-refractivity contribution >= 4 is 11.5 Å². The van der Waals surface area contributed by atoms with Crippen molar-refractivity contribution in [3.05, 3.63) is 18.0 Å². The molecule has 0 saturated carbocycles. The molecule has 1 aliphatic heterocycles. The molecule has 2 aromatic heterocycles. The Hall–Kier alpha value is -1.94. The van der Waals surface area contributed by atoms with Crippen molar-refractivity contribution in [3.8, 4) is 0 Å². The minimum Gasteiger partial charge on any atom is -0.383 e. The summed E-state index contributed by atoms with van der Waals surface area (Å²) in [5, 5.41) is 17.0. The van der Waals surface area contributed by atoms with Crippen LogP contribution in [0.15, 0.2) is 12.1 Å². The summed E-state index contributed by atoms with van der Waals surface area (Å²) in [6.07, 6.45) is -2.65. The molecule has 1 saturated heterocycles. The van der Waals surface area contributed by atoms with Crippen LogP contribution in [0.3, 0.4) is 0 Å². The molecule has 126 valence electrons. The molecule has 23 heavy (non-hydrogen) atoms. The van der Waals surface area contributed by atoms with Gasteiger partial charge in [0.2, 0.25) is 0 Å². The number of nitrogens with one attached hydrogen (secondary N) is 2. The monoisotopic (exact) mass is 330 g/mol. The number of anilines is 1. The Morgan fingerprint density at radius 3 is 2.87 bits per heavy atom. The van der Waals surface area contributed by atoms with Gasteiger partial charge in [0.1, 0.15) is 5.82 Å². The lowest BCUT2D eigenvalue weighted by Gasteiger charge is -2.29. The molecule has 2 aromatic rings. The van der Waals surface area contributed by atoms with E-state index in [2.05, 4.69) is 25.9 Å². The smallest absolute Gasteiger partial charge is 0.383 e. The van der Waals surface area contributed by atoms with E-state index in [4.69, 9.17) is 4.74 Å². The van der Waals surface area contributed by atoms with Gasteiger partial charge in [-0.3, -0.25) is 0 Å². The zero-order chi connectivity index (χ0) is 16.5. The molecule has 0 radical (unpaired) electrons. The van der Waals surface area contributed by atoms with Crippen molar-refractivity contribution in [2.45, 2.75) is 24.6 Å². The van der Waals surface area contributed by atoms with Gasteiger partial charge in [-0.2, -0.15) is 17.7 Å². The molecule has 0 aliphatic carbocycles. The molecule has 3 heterocycles. The van der Waals surface area contributed by atoms with Crippen molar-refractivity contribution in [3.63, 3.8) is 0 Å². The van der Waals surface area contributed by atoms with Crippen LogP contribution >= 0.6 is 0 Å². The molecule has 3 rings (SSSR count). The summed E-state index contributed by atoms with van der Waals surface area (Å²) in [5.74, 6) is -0.811. The third-order valence-corrected chi connectivity index (χ3v) is 3.88. The van der Waals surface area contributed by atoms with Gasteiger partial charge in [-0.05, 0) is 31.5 Å². The first-order valence-corrected chi connectivity index (χ1v) is 7.21. The van der Waals surface area contributed by atoms with Crippen LogP contribution in [0.1, 0.15) is 18.7 Å². The van der Waals surface area contributed by atoms with Crippen LogP contribution < -0.4 is 10.6 Å². The number of methoxy groups -OCH3 is 1. The number of hydrogen-bond acceptors (Lipinski definition) is 6. The first-order chi connectivity index (χ1) is 10.9. The molecule has 1 aliphatic rings. The molecule has 0 aromatic carbocycles. The van der Waals surface area contributed by atoms with Crippen molar-refractivity contribution < 1.29 is 17.9 Å². The number of rotatable bonds is 5. The highest BCUT2D eigenvalue weighted by Crippen LogP contribution is 2.27. The van der Waals surface area contributed by atoms with Crippen molar-refractivity contribution in [2.75, 3.05) is 32.1 Å². The van der Waals surface area contributed by atoms with E-state index in [-0.39, 0.29) is 11.2 Å². The first kappa shape index (κ1) is 15.9. The molecule has 1 unspecified atom stereocenters. The highest BCUT2D eigenvalue weighted by molar-refractivity contribution is 5.44. The summed E-state index contributed by atoms with van der Waals surface area (Å²) in [7, 11) is 1.62. The summed E-state index contributed by atoms with van der Waals surface area (Å²) >= 11 is 0. The predicted molar refractivity (Wildman–Crippen MR) is 76.1 cm³/mol. The number of halogens is 3. The topological polar surface area (TPSA) is 76.4 Å². The lowest BCUT2D eigenvalue weighted by Crippen LogP contribution is -2.49. The lowest BCUT2D eigenvalue weighted by molar-refractivity contribution is -0.146. The first-order valence-electron chi connectivity index (χ1n) is 7.21. The molecule has 10 heteroatoms. The molecular weight excluding hydrogens is 313 g/mol. The van der Waals surface area contributed by atoms with Gasteiger partial charge in [-0.25, -0.2) is 0 Å². The Kier molecular flexibility index (Phi) is 4.11. The third-order valence-electron chi connectivity index (χ3n) is 3.88. The maximum absolute atomic E-state index is 12.9. The van der Waals surface area contributed by atoms with Gasteiger partial charge in [-0.15, -0.1) is 15.3 Å². The standard InChI is InChI=1S/C13H17F3N6O/c1-23-8-12(5-2-6-18-12)7-17-9-3-4-10-19-20-11(13(14,15)16)22(10)21-9/h3-4,18H,2,5-8H2,1H3,(H,17,21). The molecule has 2 N–H and O–H groups in total. The van der Waals surface area contributed by atoms with Crippen LogP contribution in [0.5, 0.6) is 0 Å². The van der Waals surface area contributed by atoms with Crippen LogP contribution in [-0.4, -0.2) is 52.2 Å². The maximum atomic E-state index is 12.9. The van der Waals surface area contributed by atoms with Crippen LogP contribution in [0.25, 0.3) is 5.65 Å². The van der Waals surface area contributed by atoms with E-state index in [0.717, 1.165) is 19.4 Å². The average molecular weight is 330 g/mol. The minimum atomic E-state index is -4.60. The van der Waals surface area contributed by atoms with Gasteiger partial charge in [0.05, 0.1) is 12.1 Å². The largest absolute Gasteiger partial charge is 0.453 e. The van der Waals surface area contributed by atoms with E-state index in [0.29, 0.717) is 23.5 Å². The van der Waals surface area contributed by atoms with E-state index in [1.165, 1.54) is 6.07 Å². The van der Waals surface area contributed by atoms with Gasteiger partial charge in [0, 0.05) is 13.7 Å². The van der Waals surface area contributed by atoms with E-state index in [1.54, 1.807) is 13.2 Å². The number of aromatic nitrogens is 4. The fourth-order valence-corrected chi connectivity index (χ4v) is 2.79.